The van der Waals surface area contributed by atoms with Gasteiger partial charge < -0.3 is 29.8 Å². The van der Waals surface area contributed by atoms with Gasteiger partial charge in [-0.2, -0.15) is 0 Å². The molecule has 9 heteroatoms. The lowest BCUT2D eigenvalue weighted by Gasteiger charge is -2.23. The number of nitrogens with one attached hydrogen (secondary N) is 3. The summed E-state index contributed by atoms with van der Waals surface area (Å²) < 4.78 is 29.8. The summed E-state index contributed by atoms with van der Waals surface area (Å²) in [5.74, 6) is -0.699. The van der Waals surface area contributed by atoms with Crippen LogP contribution in [0.3, 0.4) is 0 Å². The van der Waals surface area contributed by atoms with Gasteiger partial charge in [0.15, 0.2) is 0 Å². The molecule has 3 rings (SSSR count). The molecule has 3 amide bonds. The highest BCUT2D eigenvalue weighted by Crippen LogP contribution is 2.21. The Morgan fingerprint density at radius 1 is 1.22 bits per heavy atom. The van der Waals surface area contributed by atoms with Crippen LogP contribution in [0.1, 0.15) is 16.1 Å². The normalized spacial score (nSPS) is 16.6. The first-order valence-corrected chi connectivity index (χ1v) is 8.42. The quantitative estimate of drug-likeness (QED) is 0.743. The van der Waals surface area contributed by atoms with Gasteiger partial charge >= 0.3 is 6.03 Å². The summed E-state index contributed by atoms with van der Waals surface area (Å²) in [6.45, 7) is 3.38. The maximum Gasteiger partial charge on any atom is 0.319 e. The van der Waals surface area contributed by atoms with Crippen LogP contribution in [-0.2, 0) is 9.47 Å². The summed E-state index contributed by atoms with van der Waals surface area (Å²) in [7, 11) is 0. The number of halogens is 1. The summed E-state index contributed by atoms with van der Waals surface area (Å²) in [6, 6.07) is 4.91. The van der Waals surface area contributed by atoms with Crippen molar-refractivity contribution >= 4 is 23.3 Å². The molecule has 0 bridgehead atoms. The van der Waals surface area contributed by atoms with Crippen LogP contribution >= 0.6 is 0 Å². The Kier molecular flexibility index (Phi) is 6.05. The van der Waals surface area contributed by atoms with Crippen LogP contribution in [0, 0.1) is 12.7 Å². The number of rotatable bonds is 5. The van der Waals surface area contributed by atoms with Crippen molar-refractivity contribution in [2.45, 2.75) is 13.0 Å². The fraction of sp³-hybridized carbons (Fsp3) is 0.333. The minimum Gasteiger partial charge on any atom is -0.469 e. The number of urea groups is 1. The van der Waals surface area contributed by atoms with Gasteiger partial charge in [-0.3, -0.25) is 4.79 Å². The highest BCUT2D eigenvalue weighted by molar-refractivity contribution is 6.05. The average molecular weight is 377 g/mol. The third-order valence-corrected chi connectivity index (χ3v) is 3.95. The SMILES string of the molecule is Cc1occc1C(=O)Nc1cc(NC(=O)NC[C@@H]2COCCO2)ccc1F. The third kappa shape index (κ3) is 5.05. The molecule has 2 heterocycles. The molecular weight excluding hydrogens is 357 g/mol. The van der Waals surface area contributed by atoms with Gasteiger partial charge in [0, 0.05) is 12.2 Å². The summed E-state index contributed by atoms with van der Waals surface area (Å²) in [5.41, 5.74) is 0.580. The van der Waals surface area contributed by atoms with Crippen LogP contribution in [0.2, 0.25) is 0 Å². The molecule has 3 N–H and O–H groups in total. The Labute approximate surface area is 155 Å². The number of amides is 3. The van der Waals surface area contributed by atoms with Crippen LogP contribution in [-0.4, -0.2) is 44.4 Å². The monoisotopic (exact) mass is 377 g/mol. The molecule has 2 aromatic rings. The average Bonchev–Trinajstić information content (AvgIpc) is 3.10. The first-order chi connectivity index (χ1) is 13.0. The standard InChI is InChI=1S/C18H20FN3O5/c1-11-14(4-5-26-11)17(23)22-16-8-12(2-3-15(16)19)21-18(24)20-9-13-10-25-6-7-27-13/h2-5,8,13H,6-7,9-10H2,1H3,(H,22,23)(H2,20,21,24)/t13-/m1/s1. The number of aryl methyl sites for hydroxylation is 1. The number of benzene rings is 1. The number of carbonyl (C=O) groups excluding carboxylic acids is 2. The maximum absolute atomic E-state index is 14.0. The summed E-state index contributed by atoms with van der Waals surface area (Å²) in [4.78, 5) is 24.2. The maximum atomic E-state index is 14.0. The van der Waals surface area contributed by atoms with Crippen LogP contribution in [0.4, 0.5) is 20.6 Å². The van der Waals surface area contributed by atoms with Gasteiger partial charge in [-0.15, -0.1) is 0 Å². The molecule has 1 aromatic carbocycles. The van der Waals surface area contributed by atoms with Gasteiger partial charge in [-0.25, -0.2) is 9.18 Å². The van der Waals surface area contributed by atoms with E-state index in [1.807, 2.05) is 0 Å². The minimum absolute atomic E-state index is 0.0533. The van der Waals surface area contributed by atoms with Gasteiger partial charge in [0.1, 0.15) is 11.6 Å². The Bertz CT molecular complexity index is 817. The zero-order valence-corrected chi connectivity index (χ0v) is 14.7. The lowest BCUT2D eigenvalue weighted by molar-refractivity contribution is -0.0852. The van der Waals surface area contributed by atoms with E-state index in [0.29, 0.717) is 36.8 Å². The molecule has 8 nitrogen and oxygen atoms in total. The molecule has 1 atom stereocenters. The molecule has 27 heavy (non-hydrogen) atoms. The van der Waals surface area contributed by atoms with E-state index in [9.17, 15) is 14.0 Å². The van der Waals surface area contributed by atoms with E-state index < -0.39 is 17.8 Å². The summed E-state index contributed by atoms with van der Waals surface area (Å²) in [6.07, 6.45) is 1.18. The number of carbonyl (C=O) groups is 2. The van der Waals surface area contributed by atoms with Crippen LogP contribution in [0.5, 0.6) is 0 Å². The molecule has 0 aliphatic carbocycles. The Hall–Kier alpha value is -2.91. The largest absolute Gasteiger partial charge is 0.469 e. The van der Waals surface area contributed by atoms with Gasteiger partial charge in [0.05, 0.1) is 43.4 Å². The number of furan rings is 1. The van der Waals surface area contributed by atoms with Crippen molar-refractivity contribution in [1.29, 1.82) is 0 Å². The number of anilines is 2. The molecule has 0 unspecified atom stereocenters. The zero-order chi connectivity index (χ0) is 19.2. The molecule has 1 aliphatic heterocycles. The van der Waals surface area contributed by atoms with Crippen LogP contribution in [0.15, 0.2) is 34.9 Å². The van der Waals surface area contributed by atoms with Crippen molar-refractivity contribution in [2.75, 3.05) is 37.0 Å². The topological polar surface area (TPSA) is 102 Å². The molecule has 0 spiro atoms. The van der Waals surface area contributed by atoms with Gasteiger partial charge in [0.25, 0.3) is 5.91 Å². The van der Waals surface area contributed by atoms with Crippen molar-refractivity contribution in [3.63, 3.8) is 0 Å². The fourth-order valence-corrected chi connectivity index (χ4v) is 2.55. The molecule has 1 aromatic heterocycles. The van der Waals surface area contributed by atoms with Crippen molar-refractivity contribution in [1.82, 2.24) is 5.32 Å². The zero-order valence-electron chi connectivity index (χ0n) is 14.7. The van der Waals surface area contributed by atoms with Crippen LogP contribution < -0.4 is 16.0 Å². The van der Waals surface area contributed by atoms with E-state index >= 15 is 0 Å². The summed E-state index contributed by atoms with van der Waals surface area (Å²) >= 11 is 0. The first kappa shape index (κ1) is 18.9. The first-order valence-electron chi connectivity index (χ1n) is 8.42. The molecule has 0 saturated carbocycles. The van der Waals surface area contributed by atoms with E-state index in [1.165, 1.54) is 24.5 Å². The fourth-order valence-electron chi connectivity index (χ4n) is 2.55. The van der Waals surface area contributed by atoms with Crippen molar-refractivity contribution in [2.24, 2.45) is 0 Å². The lowest BCUT2D eigenvalue weighted by atomic mass is 10.2. The highest BCUT2D eigenvalue weighted by Gasteiger charge is 2.16. The minimum atomic E-state index is -0.622. The summed E-state index contributed by atoms with van der Waals surface area (Å²) in [5, 5.41) is 7.71. The number of hydrogen-bond donors (Lipinski definition) is 3. The van der Waals surface area contributed by atoms with E-state index in [1.54, 1.807) is 6.92 Å². The van der Waals surface area contributed by atoms with E-state index in [2.05, 4.69) is 16.0 Å². The van der Waals surface area contributed by atoms with Gasteiger partial charge in [-0.1, -0.05) is 0 Å². The number of ether oxygens (including phenoxy) is 2. The van der Waals surface area contributed by atoms with E-state index in [4.69, 9.17) is 13.9 Å². The third-order valence-electron chi connectivity index (χ3n) is 3.95. The molecule has 1 aliphatic rings. The highest BCUT2D eigenvalue weighted by atomic mass is 19.1. The predicted molar refractivity (Wildman–Crippen MR) is 95.4 cm³/mol. The van der Waals surface area contributed by atoms with Gasteiger partial charge in [-0.05, 0) is 31.2 Å². The van der Waals surface area contributed by atoms with Gasteiger partial charge in [0.2, 0.25) is 0 Å². The molecular formula is C18H20FN3O5. The second-order valence-corrected chi connectivity index (χ2v) is 5.94. The predicted octanol–water partition coefficient (Wildman–Crippen LogP) is 2.52. The van der Waals surface area contributed by atoms with E-state index in [0.717, 1.165) is 6.07 Å². The second-order valence-electron chi connectivity index (χ2n) is 5.94. The van der Waals surface area contributed by atoms with Crippen molar-refractivity contribution in [3.05, 3.63) is 47.7 Å². The Morgan fingerprint density at radius 2 is 2.07 bits per heavy atom. The molecule has 0 radical (unpaired) electrons. The van der Waals surface area contributed by atoms with E-state index in [-0.39, 0.29) is 18.3 Å². The Balaban J connectivity index is 1.58. The lowest BCUT2D eigenvalue weighted by Crippen LogP contribution is -2.41. The number of hydrogen-bond acceptors (Lipinski definition) is 5. The van der Waals surface area contributed by atoms with Crippen molar-refractivity contribution < 1.29 is 27.9 Å². The smallest absolute Gasteiger partial charge is 0.319 e. The molecule has 144 valence electrons. The van der Waals surface area contributed by atoms with Crippen molar-refractivity contribution in [3.8, 4) is 0 Å². The molecule has 1 fully saturated rings. The molecule has 1 saturated heterocycles. The second kappa shape index (κ2) is 8.65. The Morgan fingerprint density at radius 3 is 2.78 bits per heavy atom. The van der Waals surface area contributed by atoms with Crippen LogP contribution in [0.25, 0.3) is 0 Å².